The van der Waals surface area contributed by atoms with Crippen LogP contribution in [0.2, 0.25) is 0 Å². The lowest BCUT2D eigenvalue weighted by atomic mass is 10.2. The number of methoxy groups -OCH3 is 1. The molecule has 2 aromatic rings. The van der Waals surface area contributed by atoms with E-state index in [9.17, 15) is 22.4 Å². The standard InChI is InChI=1S/C15H14FN3O5S/c1-24-13-7-6-9(25(17,22)23)8-11(13)15(21)19-18-14(20)10-4-2-3-5-12(10)16/h2-8H,1H3,(H,18,20)(H,19,21)(H2,17,22,23). The molecule has 132 valence electrons. The second kappa shape index (κ2) is 7.28. The summed E-state index contributed by atoms with van der Waals surface area (Å²) in [4.78, 5) is 23.8. The topological polar surface area (TPSA) is 128 Å². The SMILES string of the molecule is COc1ccc(S(N)(=O)=O)cc1C(=O)NNC(=O)c1ccccc1F. The summed E-state index contributed by atoms with van der Waals surface area (Å²) >= 11 is 0. The molecule has 0 heterocycles. The summed E-state index contributed by atoms with van der Waals surface area (Å²) < 4.78 is 41.3. The smallest absolute Gasteiger partial charge is 0.273 e. The number of amides is 2. The number of hydrazine groups is 1. The van der Waals surface area contributed by atoms with Gasteiger partial charge in [-0.1, -0.05) is 12.1 Å². The Hall–Kier alpha value is -2.98. The van der Waals surface area contributed by atoms with Gasteiger partial charge in [0.1, 0.15) is 11.6 Å². The van der Waals surface area contributed by atoms with Gasteiger partial charge in [-0.2, -0.15) is 0 Å². The molecule has 0 unspecified atom stereocenters. The minimum absolute atomic E-state index is 0.0602. The van der Waals surface area contributed by atoms with E-state index in [1.807, 2.05) is 5.43 Å². The molecule has 4 N–H and O–H groups in total. The van der Waals surface area contributed by atoms with Gasteiger partial charge in [-0.05, 0) is 30.3 Å². The largest absolute Gasteiger partial charge is 0.496 e. The van der Waals surface area contributed by atoms with E-state index in [0.29, 0.717) is 0 Å². The third-order valence-electron chi connectivity index (χ3n) is 3.15. The van der Waals surface area contributed by atoms with Crippen molar-refractivity contribution in [2.45, 2.75) is 4.90 Å². The first-order chi connectivity index (χ1) is 11.7. The fourth-order valence-corrected chi connectivity index (χ4v) is 2.47. The van der Waals surface area contributed by atoms with Gasteiger partial charge in [0.25, 0.3) is 11.8 Å². The quantitative estimate of drug-likeness (QED) is 0.680. The molecule has 0 radical (unpaired) electrons. The molecule has 8 nitrogen and oxygen atoms in total. The molecule has 0 fully saturated rings. The van der Waals surface area contributed by atoms with E-state index in [2.05, 4.69) is 5.43 Å². The van der Waals surface area contributed by atoms with Crippen molar-refractivity contribution in [3.8, 4) is 5.75 Å². The number of nitrogens with two attached hydrogens (primary N) is 1. The number of halogens is 1. The monoisotopic (exact) mass is 367 g/mol. The molecule has 0 aliphatic rings. The molecule has 0 saturated heterocycles. The highest BCUT2D eigenvalue weighted by Crippen LogP contribution is 2.21. The highest BCUT2D eigenvalue weighted by atomic mass is 32.2. The summed E-state index contributed by atoms with van der Waals surface area (Å²) in [7, 11) is -2.76. The van der Waals surface area contributed by atoms with E-state index in [0.717, 1.165) is 12.1 Å². The molecule has 25 heavy (non-hydrogen) atoms. The molecule has 2 aromatic carbocycles. The Labute approximate surface area is 142 Å². The van der Waals surface area contributed by atoms with Gasteiger partial charge in [-0.15, -0.1) is 0 Å². The summed E-state index contributed by atoms with van der Waals surface area (Å²) in [5.74, 6) is -2.45. The zero-order chi connectivity index (χ0) is 18.6. The Bertz CT molecular complexity index is 931. The molecule has 0 aliphatic carbocycles. The summed E-state index contributed by atoms with van der Waals surface area (Å²) in [6, 6.07) is 8.61. The number of benzene rings is 2. The summed E-state index contributed by atoms with van der Waals surface area (Å²) in [5.41, 5.74) is 3.64. The number of hydrogen-bond donors (Lipinski definition) is 3. The third-order valence-corrected chi connectivity index (χ3v) is 4.06. The van der Waals surface area contributed by atoms with Crippen LogP contribution in [0, 0.1) is 5.82 Å². The van der Waals surface area contributed by atoms with Gasteiger partial charge in [0, 0.05) is 0 Å². The van der Waals surface area contributed by atoms with Crippen LogP contribution >= 0.6 is 0 Å². The first-order valence-corrected chi connectivity index (χ1v) is 8.34. The Morgan fingerprint density at radius 3 is 2.20 bits per heavy atom. The average molecular weight is 367 g/mol. The van der Waals surface area contributed by atoms with Gasteiger partial charge in [-0.25, -0.2) is 17.9 Å². The molecular formula is C15H14FN3O5S. The average Bonchev–Trinajstić information content (AvgIpc) is 2.58. The van der Waals surface area contributed by atoms with Crippen molar-refractivity contribution in [2.24, 2.45) is 5.14 Å². The summed E-state index contributed by atoms with van der Waals surface area (Å²) in [6.45, 7) is 0. The Kier molecular flexibility index (Phi) is 5.35. The van der Waals surface area contributed by atoms with E-state index < -0.39 is 27.7 Å². The van der Waals surface area contributed by atoms with Crippen LogP contribution in [0.15, 0.2) is 47.4 Å². The number of carbonyl (C=O) groups is 2. The van der Waals surface area contributed by atoms with Crippen molar-refractivity contribution in [1.29, 1.82) is 0 Å². The van der Waals surface area contributed by atoms with E-state index in [1.165, 1.54) is 37.4 Å². The summed E-state index contributed by atoms with van der Waals surface area (Å²) in [6.07, 6.45) is 0. The second-order valence-corrected chi connectivity index (χ2v) is 6.36. The van der Waals surface area contributed by atoms with Crippen molar-refractivity contribution in [3.05, 3.63) is 59.4 Å². The van der Waals surface area contributed by atoms with E-state index in [1.54, 1.807) is 0 Å². The maximum atomic E-state index is 13.5. The van der Waals surface area contributed by atoms with Gasteiger partial charge in [0.15, 0.2) is 0 Å². The van der Waals surface area contributed by atoms with Gasteiger partial charge in [0.2, 0.25) is 10.0 Å². The van der Waals surface area contributed by atoms with Crippen molar-refractivity contribution in [1.82, 2.24) is 10.9 Å². The van der Waals surface area contributed by atoms with Crippen molar-refractivity contribution < 1.29 is 27.1 Å². The Morgan fingerprint density at radius 2 is 1.64 bits per heavy atom. The molecule has 2 rings (SSSR count). The predicted molar refractivity (Wildman–Crippen MR) is 85.7 cm³/mol. The van der Waals surface area contributed by atoms with Crippen LogP contribution in [0.3, 0.4) is 0 Å². The van der Waals surface area contributed by atoms with Crippen LogP contribution in [0.5, 0.6) is 5.75 Å². The van der Waals surface area contributed by atoms with E-state index in [-0.39, 0.29) is 21.8 Å². The van der Waals surface area contributed by atoms with Gasteiger partial charge in [0.05, 0.1) is 23.1 Å². The number of ether oxygens (including phenoxy) is 1. The van der Waals surface area contributed by atoms with Crippen LogP contribution in [0.25, 0.3) is 0 Å². The van der Waals surface area contributed by atoms with Gasteiger partial charge >= 0.3 is 0 Å². The van der Waals surface area contributed by atoms with Gasteiger partial charge < -0.3 is 4.74 Å². The normalized spacial score (nSPS) is 10.8. The van der Waals surface area contributed by atoms with Crippen molar-refractivity contribution in [3.63, 3.8) is 0 Å². The first kappa shape index (κ1) is 18.4. The maximum Gasteiger partial charge on any atom is 0.273 e. The lowest BCUT2D eigenvalue weighted by molar-refractivity contribution is 0.0842. The first-order valence-electron chi connectivity index (χ1n) is 6.80. The second-order valence-electron chi connectivity index (χ2n) is 4.80. The van der Waals surface area contributed by atoms with E-state index in [4.69, 9.17) is 9.88 Å². The van der Waals surface area contributed by atoms with Crippen LogP contribution in [0.4, 0.5) is 4.39 Å². The van der Waals surface area contributed by atoms with Crippen LogP contribution in [0.1, 0.15) is 20.7 Å². The fraction of sp³-hybridized carbons (Fsp3) is 0.0667. The number of sulfonamides is 1. The molecule has 0 aromatic heterocycles. The minimum Gasteiger partial charge on any atom is -0.496 e. The molecule has 0 atom stereocenters. The van der Waals surface area contributed by atoms with Crippen LogP contribution in [-0.4, -0.2) is 27.3 Å². The zero-order valence-corrected chi connectivity index (χ0v) is 13.8. The number of nitrogens with one attached hydrogen (secondary N) is 2. The van der Waals surface area contributed by atoms with Crippen molar-refractivity contribution >= 4 is 21.8 Å². The number of rotatable bonds is 4. The molecule has 0 bridgehead atoms. The summed E-state index contributed by atoms with van der Waals surface area (Å²) in [5, 5.41) is 5.02. The Morgan fingerprint density at radius 1 is 1.04 bits per heavy atom. The van der Waals surface area contributed by atoms with Gasteiger partial charge in [-0.3, -0.25) is 20.4 Å². The molecular weight excluding hydrogens is 353 g/mol. The molecule has 0 spiro atoms. The molecule has 2 amide bonds. The maximum absolute atomic E-state index is 13.5. The fourth-order valence-electron chi connectivity index (χ4n) is 1.94. The van der Waals surface area contributed by atoms with Crippen LogP contribution in [-0.2, 0) is 10.0 Å². The lowest BCUT2D eigenvalue weighted by Crippen LogP contribution is -2.42. The number of hydrogen-bond acceptors (Lipinski definition) is 5. The lowest BCUT2D eigenvalue weighted by Gasteiger charge is -2.11. The van der Waals surface area contributed by atoms with Crippen molar-refractivity contribution in [2.75, 3.05) is 7.11 Å². The predicted octanol–water partition coefficient (Wildman–Crippen LogP) is 0.557. The Balaban J connectivity index is 2.20. The highest BCUT2D eigenvalue weighted by molar-refractivity contribution is 7.89. The number of primary sulfonamides is 1. The number of carbonyl (C=O) groups excluding carboxylic acids is 2. The van der Waals surface area contributed by atoms with Crippen LogP contribution < -0.4 is 20.7 Å². The molecule has 10 heteroatoms. The minimum atomic E-state index is -4.04. The third kappa shape index (κ3) is 4.31. The molecule has 0 aliphatic heterocycles. The zero-order valence-electron chi connectivity index (χ0n) is 12.9. The van der Waals surface area contributed by atoms with E-state index >= 15 is 0 Å². The molecule has 0 saturated carbocycles. The highest BCUT2D eigenvalue weighted by Gasteiger charge is 2.18.